The normalized spacial score (nSPS) is 21.3. The molecule has 6 nitrogen and oxygen atoms in total. The first-order valence-corrected chi connectivity index (χ1v) is 7.05. The van der Waals surface area contributed by atoms with Gasteiger partial charge in [-0.3, -0.25) is 9.69 Å². The Kier molecular flexibility index (Phi) is 2.87. The number of likely N-dealkylation sites (tertiary alicyclic amines) is 1. The molecule has 1 aromatic carbocycles. The van der Waals surface area contributed by atoms with Crippen LogP contribution in [0.5, 0.6) is 11.5 Å². The average molecular weight is 288 g/mol. The predicted molar refractivity (Wildman–Crippen MR) is 76.6 cm³/mol. The fraction of sp³-hybridized carbons (Fsp3) is 0.400. The highest BCUT2D eigenvalue weighted by molar-refractivity contribution is 5.83. The number of ether oxygens (including phenoxy) is 2. The molecule has 1 saturated heterocycles. The molecular formula is C15H16N2O4. The molecule has 1 atom stereocenters. The van der Waals surface area contributed by atoms with E-state index in [9.17, 15) is 9.90 Å². The molecule has 1 fully saturated rings. The molecule has 2 aliphatic rings. The third-order valence-corrected chi connectivity index (χ3v) is 4.06. The minimum atomic E-state index is -0.279. The van der Waals surface area contributed by atoms with E-state index in [0.29, 0.717) is 30.2 Å². The van der Waals surface area contributed by atoms with Crippen molar-refractivity contribution in [2.75, 3.05) is 19.9 Å². The molecule has 0 amide bonds. The second-order valence-corrected chi connectivity index (χ2v) is 5.59. The zero-order chi connectivity index (χ0) is 14.4. The highest BCUT2D eigenvalue weighted by atomic mass is 16.7. The summed E-state index contributed by atoms with van der Waals surface area (Å²) in [5.41, 5.74) is 1.35. The maximum absolute atomic E-state index is 12.2. The molecule has 0 spiro atoms. The number of rotatable bonds is 2. The number of fused-ring (bicyclic) bond motifs is 2. The molecule has 0 unspecified atom stereocenters. The summed E-state index contributed by atoms with van der Waals surface area (Å²) in [5, 5.41) is 10.5. The summed E-state index contributed by atoms with van der Waals surface area (Å²) in [6.45, 7) is 2.21. The van der Waals surface area contributed by atoms with E-state index >= 15 is 0 Å². The molecule has 3 heterocycles. The number of hydrogen-bond donors (Lipinski definition) is 2. The zero-order valence-electron chi connectivity index (χ0n) is 11.5. The largest absolute Gasteiger partial charge is 0.454 e. The van der Waals surface area contributed by atoms with E-state index in [-0.39, 0.29) is 18.5 Å². The topological polar surface area (TPSA) is 74.8 Å². The van der Waals surface area contributed by atoms with Gasteiger partial charge in [0.25, 0.3) is 5.56 Å². The first-order valence-electron chi connectivity index (χ1n) is 7.05. The van der Waals surface area contributed by atoms with Crippen LogP contribution in [-0.4, -0.2) is 41.0 Å². The zero-order valence-corrected chi connectivity index (χ0v) is 11.5. The third-order valence-electron chi connectivity index (χ3n) is 4.06. The number of benzene rings is 1. The smallest absolute Gasteiger partial charge is 0.252 e. The molecule has 0 bridgehead atoms. The monoisotopic (exact) mass is 288 g/mol. The second-order valence-electron chi connectivity index (χ2n) is 5.59. The van der Waals surface area contributed by atoms with Gasteiger partial charge in [-0.05, 0) is 18.6 Å². The highest BCUT2D eigenvalue weighted by Gasteiger charge is 2.21. The predicted octanol–water partition coefficient (Wildman–Crippen LogP) is 0.823. The van der Waals surface area contributed by atoms with Crippen molar-refractivity contribution in [3.05, 3.63) is 34.1 Å². The Labute approximate surface area is 120 Å². The molecular weight excluding hydrogens is 272 g/mol. The van der Waals surface area contributed by atoms with Gasteiger partial charge in [0, 0.05) is 36.7 Å². The van der Waals surface area contributed by atoms with Gasteiger partial charge in [-0.25, -0.2) is 0 Å². The number of aromatic amines is 1. The second kappa shape index (κ2) is 4.75. The van der Waals surface area contributed by atoms with E-state index in [1.54, 1.807) is 6.07 Å². The van der Waals surface area contributed by atoms with Crippen molar-refractivity contribution in [3.63, 3.8) is 0 Å². The van der Waals surface area contributed by atoms with Crippen LogP contribution in [0, 0.1) is 0 Å². The van der Waals surface area contributed by atoms with Crippen LogP contribution in [0.2, 0.25) is 0 Å². The van der Waals surface area contributed by atoms with E-state index in [1.807, 2.05) is 12.1 Å². The van der Waals surface area contributed by atoms with E-state index < -0.39 is 0 Å². The van der Waals surface area contributed by atoms with Crippen LogP contribution in [0.25, 0.3) is 10.9 Å². The van der Waals surface area contributed by atoms with E-state index in [2.05, 4.69) is 9.88 Å². The number of β-amino-alcohol motifs (C(OH)–C–C–N with tert-alkyl or cyclic N) is 1. The lowest BCUT2D eigenvalue weighted by molar-refractivity contribution is 0.174. The lowest BCUT2D eigenvalue weighted by Crippen LogP contribution is -2.25. The van der Waals surface area contributed by atoms with Gasteiger partial charge in [0.15, 0.2) is 11.5 Å². The first kappa shape index (κ1) is 12.7. The molecule has 4 rings (SSSR count). The molecule has 110 valence electrons. The van der Waals surface area contributed by atoms with Crippen LogP contribution < -0.4 is 15.0 Å². The Bertz CT molecular complexity index is 755. The maximum atomic E-state index is 12.2. The molecule has 6 heteroatoms. The van der Waals surface area contributed by atoms with Crippen molar-refractivity contribution < 1.29 is 14.6 Å². The minimum absolute atomic E-state index is 0.0947. The Morgan fingerprint density at radius 3 is 2.86 bits per heavy atom. The number of nitrogens with zero attached hydrogens (tertiary/aromatic N) is 1. The quantitative estimate of drug-likeness (QED) is 0.856. The summed E-state index contributed by atoms with van der Waals surface area (Å²) in [5.74, 6) is 1.37. The fourth-order valence-corrected chi connectivity index (χ4v) is 2.96. The van der Waals surface area contributed by atoms with E-state index in [4.69, 9.17) is 9.47 Å². The fourth-order valence-electron chi connectivity index (χ4n) is 2.96. The van der Waals surface area contributed by atoms with Crippen LogP contribution in [0.1, 0.15) is 12.0 Å². The standard InChI is InChI=1S/C15H16N2O4/c18-11-1-2-17(7-11)6-10-3-9-4-13-14(21-8-20-13)5-12(9)16-15(10)19/h3-5,11,18H,1-2,6-8H2,(H,16,19)/t11-/m0/s1. The van der Waals surface area contributed by atoms with Gasteiger partial charge >= 0.3 is 0 Å². The SMILES string of the molecule is O=c1[nH]c2cc3c(cc2cc1CN1CC[C@H](O)C1)OCO3. The van der Waals surface area contributed by atoms with Crippen molar-refractivity contribution in [1.29, 1.82) is 0 Å². The molecule has 0 saturated carbocycles. The Balaban J connectivity index is 1.71. The summed E-state index contributed by atoms with van der Waals surface area (Å²) >= 11 is 0. The lowest BCUT2D eigenvalue weighted by Gasteiger charge is -2.14. The van der Waals surface area contributed by atoms with Gasteiger partial charge < -0.3 is 19.6 Å². The summed E-state index contributed by atoms with van der Waals surface area (Å²) in [6, 6.07) is 5.57. The van der Waals surface area contributed by atoms with Crippen molar-refractivity contribution in [3.8, 4) is 11.5 Å². The van der Waals surface area contributed by atoms with E-state index in [1.165, 1.54) is 0 Å². The summed E-state index contributed by atoms with van der Waals surface area (Å²) in [7, 11) is 0. The number of nitrogens with one attached hydrogen (secondary N) is 1. The van der Waals surface area contributed by atoms with Gasteiger partial charge in [0.1, 0.15) is 0 Å². The number of pyridine rings is 1. The molecule has 0 aliphatic carbocycles. The lowest BCUT2D eigenvalue weighted by atomic mass is 10.1. The van der Waals surface area contributed by atoms with Crippen LogP contribution in [0.4, 0.5) is 0 Å². The van der Waals surface area contributed by atoms with Gasteiger partial charge in [0.05, 0.1) is 11.6 Å². The molecule has 2 aromatic rings. The minimum Gasteiger partial charge on any atom is -0.454 e. The van der Waals surface area contributed by atoms with Crippen LogP contribution in [0.3, 0.4) is 0 Å². The molecule has 21 heavy (non-hydrogen) atoms. The van der Waals surface area contributed by atoms with Crippen molar-refractivity contribution >= 4 is 10.9 Å². The Hall–Kier alpha value is -2.05. The number of aliphatic hydroxyl groups is 1. The summed E-state index contributed by atoms with van der Waals surface area (Å²) in [6.07, 6.45) is 0.489. The number of aromatic nitrogens is 1. The number of aliphatic hydroxyl groups excluding tert-OH is 1. The number of hydrogen-bond acceptors (Lipinski definition) is 5. The van der Waals surface area contributed by atoms with E-state index in [0.717, 1.165) is 23.9 Å². The summed E-state index contributed by atoms with van der Waals surface area (Å²) < 4.78 is 10.7. The number of H-pyrrole nitrogens is 1. The highest BCUT2D eigenvalue weighted by Crippen LogP contribution is 2.35. The Morgan fingerprint density at radius 1 is 1.29 bits per heavy atom. The summed E-state index contributed by atoms with van der Waals surface area (Å²) in [4.78, 5) is 17.2. The van der Waals surface area contributed by atoms with Crippen molar-refractivity contribution in [2.45, 2.75) is 19.1 Å². The first-order chi connectivity index (χ1) is 10.2. The van der Waals surface area contributed by atoms with Crippen LogP contribution >= 0.6 is 0 Å². The molecule has 1 aromatic heterocycles. The molecule has 0 radical (unpaired) electrons. The van der Waals surface area contributed by atoms with Gasteiger partial charge in [0.2, 0.25) is 6.79 Å². The molecule has 2 aliphatic heterocycles. The van der Waals surface area contributed by atoms with Crippen molar-refractivity contribution in [1.82, 2.24) is 9.88 Å². The van der Waals surface area contributed by atoms with Crippen LogP contribution in [-0.2, 0) is 6.54 Å². The van der Waals surface area contributed by atoms with Gasteiger partial charge in [-0.15, -0.1) is 0 Å². The molecule has 2 N–H and O–H groups in total. The van der Waals surface area contributed by atoms with Gasteiger partial charge in [-0.2, -0.15) is 0 Å². The van der Waals surface area contributed by atoms with Crippen LogP contribution in [0.15, 0.2) is 23.0 Å². The maximum Gasteiger partial charge on any atom is 0.252 e. The third kappa shape index (κ3) is 2.26. The van der Waals surface area contributed by atoms with Gasteiger partial charge in [-0.1, -0.05) is 0 Å². The Morgan fingerprint density at radius 2 is 2.10 bits per heavy atom. The van der Waals surface area contributed by atoms with Crippen molar-refractivity contribution in [2.24, 2.45) is 0 Å². The average Bonchev–Trinajstić information content (AvgIpc) is 3.06.